The highest BCUT2D eigenvalue weighted by Gasteiger charge is 2.29. The fourth-order valence-corrected chi connectivity index (χ4v) is 3.62. The molecule has 0 radical (unpaired) electrons. The predicted octanol–water partition coefficient (Wildman–Crippen LogP) is 2.18. The van der Waals surface area contributed by atoms with Crippen molar-refractivity contribution in [3.8, 4) is 5.75 Å². The maximum atomic E-state index is 11.4. The summed E-state index contributed by atoms with van der Waals surface area (Å²) >= 11 is 0. The zero-order valence-electron chi connectivity index (χ0n) is 12.9. The Hall–Kier alpha value is -1.66. The van der Waals surface area contributed by atoms with Crippen molar-refractivity contribution in [1.29, 1.82) is 0 Å². The van der Waals surface area contributed by atoms with Crippen LogP contribution >= 0.6 is 0 Å². The van der Waals surface area contributed by atoms with Crippen LogP contribution in [0.25, 0.3) is 0 Å². The van der Waals surface area contributed by atoms with Crippen molar-refractivity contribution in [3.63, 3.8) is 0 Å². The van der Waals surface area contributed by atoms with Crippen molar-refractivity contribution in [2.45, 2.75) is 31.7 Å². The number of rotatable bonds is 3. The van der Waals surface area contributed by atoms with Gasteiger partial charge >= 0.3 is 5.69 Å². The number of hydrogen-bond acceptors (Lipinski definition) is 5. The van der Waals surface area contributed by atoms with E-state index in [1.165, 1.54) is 7.11 Å². The van der Waals surface area contributed by atoms with Gasteiger partial charge in [-0.05, 0) is 37.3 Å². The van der Waals surface area contributed by atoms with Crippen LogP contribution in [0.4, 0.5) is 5.69 Å². The minimum Gasteiger partial charge on any atom is -0.490 e. The molecule has 0 spiro atoms. The van der Waals surface area contributed by atoms with Gasteiger partial charge in [-0.3, -0.25) is 15.0 Å². The highest BCUT2D eigenvalue weighted by Crippen LogP contribution is 2.37. The van der Waals surface area contributed by atoms with E-state index in [-0.39, 0.29) is 10.6 Å². The normalized spacial score (nSPS) is 22.7. The minimum atomic E-state index is -0.299. The number of nitro groups is 1. The van der Waals surface area contributed by atoms with E-state index in [2.05, 4.69) is 4.90 Å². The number of hydrogen-bond donors (Lipinski definition) is 0. The Bertz CT molecular complexity index is 555. The average Bonchev–Trinajstić information content (AvgIpc) is 2.77. The van der Waals surface area contributed by atoms with Crippen LogP contribution in [0.3, 0.4) is 0 Å². The fourth-order valence-electron chi connectivity index (χ4n) is 3.62. The molecule has 0 saturated carbocycles. The molecule has 22 heavy (non-hydrogen) atoms. The molecule has 120 valence electrons. The summed E-state index contributed by atoms with van der Waals surface area (Å²) < 4.78 is 10.6. The van der Waals surface area contributed by atoms with Crippen LogP contribution in [0.2, 0.25) is 0 Å². The van der Waals surface area contributed by atoms with E-state index in [9.17, 15) is 10.1 Å². The number of ether oxygens (including phenoxy) is 2. The van der Waals surface area contributed by atoms with Gasteiger partial charge in [-0.25, -0.2) is 0 Å². The Labute approximate surface area is 130 Å². The number of morpholine rings is 1. The molecule has 1 atom stereocenters. The zero-order chi connectivity index (χ0) is 15.5. The van der Waals surface area contributed by atoms with Crippen LogP contribution in [0, 0.1) is 10.1 Å². The van der Waals surface area contributed by atoms with Crippen LogP contribution < -0.4 is 4.74 Å². The predicted molar refractivity (Wildman–Crippen MR) is 82.5 cm³/mol. The summed E-state index contributed by atoms with van der Waals surface area (Å²) in [4.78, 5) is 13.6. The molecule has 0 N–H and O–H groups in total. The number of methoxy groups -OCH3 is 1. The van der Waals surface area contributed by atoms with Gasteiger partial charge in [0.05, 0.1) is 25.2 Å². The van der Waals surface area contributed by atoms with Crippen molar-refractivity contribution in [2.75, 3.05) is 33.4 Å². The molecular weight excluding hydrogens is 284 g/mol. The summed E-state index contributed by atoms with van der Waals surface area (Å²) in [7, 11) is 1.49. The molecule has 0 amide bonds. The Kier molecular flexibility index (Phi) is 4.59. The van der Waals surface area contributed by atoms with E-state index in [0.717, 1.165) is 63.1 Å². The smallest absolute Gasteiger partial charge is 0.314 e. The first-order valence-corrected chi connectivity index (χ1v) is 7.85. The first-order chi connectivity index (χ1) is 10.7. The average molecular weight is 306 g/mol. The number of fused-ring (bicyclic) bond motifs is 1. The molecule has 0 bridgehead atoms. The first kappa shape index (κ1) is 15.2. The molecule has 1 aromatic rings. The molecule has 1 aromatic carbocycles. The van der Waals surface area contributed by atoms with Gasteiger partial charge in [0.15, 0.2) is 5.75 Å². The number of benzene rings is 1. The van der Waals surface area contributed by atoms with Gasteiger partial charge in [0.2, 0.25) is 0 Å². The molecule has 6 nitrogen and oxygen atoms in total. The fraction of sp³-hybridized carbons (Fsp3) is 0.625. The lowest BCUT2D eigenvalue weighted by Crippen LogP contribution is -2.43. The van der Waals surface area contributed by atoms with Crippen LogP contribution in [0.1, 0.15) is 24.0 Å². The van der Waals surface area contributed by atoms with Gasteiger partial charge in [-0.15, -0.1) is 0 Å². The van der Waals surface area contributed by atoms with E-state index in [4.69, 9.17) is 9.47 Å². The largest absolute Gasteiger partial charge is 0.490 e. The van der Waals surface area contributed by atoms with Crippen LogP contribution in [0.5, 0.6) is 5.75 Å². The first-order valence-electron chi connectivity index (χ1n) is 7.85. The standard InChI is InChI=1S/C16H22N2O4/c1-21-15-7-3-12-2-4-13(17-8-10-22-11-9-17)5-6-14(12)16(15)18(19)20/h3,7,13H,2,4-6,8-11H2,1H3. The third-order valence-corrected chi connectivity index (χ3v) is 4.78. The van der Waals surface area contributed by atoms with E-state index < -0.39 is 0 Å². The molecular formula is C16H22N2O4. The SMILES string of the molecule is COc1ccc2c(c1[N+](=O)[O-])CCC(N1CCOCC1)CC2. The molecule has 1 heterocycles. The minimum absolute atomic E-state index is 0.155. The second-order valence-corrected chi connectivity index (χ2v) is 5.89. The molecule has 6 heteroatoms. The van der Waals surface area contributed by atoms with E-state index in [1.807, 2.05) is 6.07 Å². The van der Waals surface area contributed by atoms with Gasteiger partial charge in [-0.2, -0.15) is 0 Å². The maximum absolute atomic E-state index is 11.4. The zero-order valence-corrected chi connectivity index (χ0v) is 12.9. The maximum Gasteiger partial charge on any atom is 0.314 e. The van der Waals surface area contributed by atoms with Gasteiger partial charge in [-0.1, -0.05) is 6.07 Å². The lowest BCUT2D eigenvalue weighted by molar-refractivity contribution is -0.386. The molecule has 1 aliphatic carbocycles. The Morgan fingerprint density at radius 1 is 1.27 bits per heavy atom. The van der Waals surface area contributed by atoms with E-state index in [1.54, 1.807) is 6.07 Å². The third-order valence-electron chi connectivity index (χ3n) is 4.78. The Morgan fingerprint density at radius 3 is 2.68 bits per heavy atom. The molecule has 1 fully saturated rings. The van der Waals surface area contributed by atoms with Gasteiger partial charge in [0, 0.05) is 24.7 Å². The Balaban J connectivity index is 1.84. The molecule has 2 aliphatic rings. The van der Waals surface area contributed by atoms with Crippen molar-refractivity contribution in [3.05, 3.63) is 33.4 Å². The second kappa shape index (κ2) is 6.62. The molecule has 1 saturated heterocycles. The van der Waals surface area contributed by atoms with Gasteiger partial charge < -0.3 is 9.47 Å². The summed E-state index contributed by atoms with van der Waals surface area (Å²) in [6.45, 7) is 3.51. The van der Waals surface area contributed by atoms with Gasteiger partial charge in [0.25, 0.3) is 0 Å². The molecule has 1 aliphatic heterocycles. The summed E-state index contributed by atoms with van der Waals surface area (Å²) in [6.07, 6.45) is 3.64. The van der Waals surface area contributed by atoms with Crippen molar-refractivity contribution in [2.24, 2.45) is 0 Å². The second-order valence-electron chi connectivity index (χ2n) is 5.89. The summed E-state index contributed by atoms with van der Waals surface area (Å²) in [5, 5.41) is 11.4. The van der Waals surface area contributed by atoms with Crippen molar-refractivity contribution < 1.29 is 14.4 Å². The van der Waals surface area contributed by atoms with Crippen LogP contribution in [0.15, 0.2) is 12.1 Å². The third kappa shape index (κ3) is 2.94. The summed E-state index contributed by atoms with van der Waals surface area (Å²) in [5.41, 5.74) is 2.12. The molecule has 1 unspecified atom stereocenters. The quantitative estimate of drug-likeness (QED) is 0.486. The summed E-state index contributed by atoms with van der Waals surface area (Å²) in [6, 6.07) is 4.21. The lowest BCUT2D eigenvalue weighted by atomic mass is 10.0. The lowest BCUT2D eigenvalue weighted by Gasteiger charge is -2.33. The highest BCUT2D eigenvalue weighted by molar-refractivity contribution is 5.56. The van der Waals surface area contributed by atoms with Crippen molar-refractivity contribution >= 4 is 5.69 Å². The van der Waals surface area contributed by atoms with Crippen LogP contribution in [-0.2, 0) is 17.6 Å². The Morgan fingerprint density at radius 2 is 2.00 bits per heavy atom. The summed E-state index contributed by atoms with van der Waals surface area (Å²) in [5.74, 6) is 0.369. The van der Waals surface area contributed by atoms with Crippen molar-refractivity contribution in [1.82, 2.24) is 4.90 Å². The monoisotopic (exact) mass is 306 g/mol. The number of aryl methyl sites for hydroxylation is 1. The highest BCUT2D eigenvalue weighted by atomic mass is 16.6. The van der Waals surface area contributed by atoms with E-state index >= 15 is 0 Å². The van der Waals surface area contributed by atoms with Gasteiger partial charge in [0.1, 0.15) is 0 Å². The number of nitro benzene ring substituents is 1. The van der Waals surface area contributed by atoms with Crippen LogP contribution in [-0.4, -0.2) is 49.3 Å². The molecule has 0 aromatic heterocycles. The molecule has 3 rings (SSSR count). The number of nitrogens with zero attached hydrogens (tertiary/aromatic N) is 2. The van der Waals surface area contributed by atoms with E-state index in [0.29, 0.717) is 11.8 Å². The topological polar surface area (TPSA) is 64.8 Å².